The molecule has 0 saturated carbocycles. The Hall–Kier alpha value is -1.90. The third kappa shape index (κ3) is 3.53. The molecular formula is C10H11F2NO5S. The first kappa shape index (κ1) is 15.2. The van der Waals surface area contributed by atoms with E-state index in [9.17, 15) is 22.0 Å². The lowest BCUT2D eigenvalue weighted by Gasteiger charge is -2.10. The van der Waals surface area contributed by atoms with Crippen LogP contribution in [-0.4, -0.2) is 35.0 Å². The van der Waals surface area contributed by atoms with Crippen LogP contribution in [0.4, 0.5) is 8.78 Å². The van der Waals surface area contributed by atoms with Gasteiger partial charge in [0.05, 0.1) is 19.1 Å². The molecule has 9 heteroatoms. The molecule has 106 valence electrons. The number of alkyl halides is 2. The van der Waals surface area contributed by atoms with Gasteiger partial charge in [0.1, 0.15) is 0 Å². The zero-order valence-electron chi connectivity index (χ0n) is 10.0. The quantitative estimate of drug-likeness (QED) is 0.868. The van der Waals surface area contributed by atoms with E-state index in [4.69, 9.17) is 9.47 Å². The molecule has 19 heavy (non-hydrogen) atoms. The molecule has 1 aromatic rings. The van der Waals surface area contributed by atoms with Crippen LogP contribution in [0.15, 0.2) is 23.1 Å². The highest BCUT2D eigenvalue weighted by Crippen LogP contribution is 2.29. The Morgan fingerprint density at radius 3 is 2.26 bits per heavy atom. The summed E-state index contributed by atoms with van der Waals surface area (Å²) in [6, 6.07) is 3.43. The number of nitrogens with one attached hydrogen (secondary N) is 1. The summed E-state index contributed by atoms with van der Waals surface area (Å²) < 4.78 is 58.4. The molecule has 1 aromatic carbocycles. The van der Waals surface area contributed by atoms with E-state index in [-0.39, 0.29) is 16.4 Å². The van der Waals surface area contributed by atoms with Crippen molar-refractivity contribution in [3.63, 3.8) is 0 Å². The average Bonchev–Trinajstić information content (AvgIpc) is 2.37. The molecule has 0 radical (unpaired) electrons. The maximum absolute atomic E-state index is 12.0. The van der Waals surface area contributed by atoms with Crippen molar-refractivity contribution in [1.82, 2.24) is 4.72 Å². The molecule has 1 rings (SSSR count). The SMILES string of the molecule is COc1ccc(S(=O)(=O)NC(=O)C(F)F)cc1OC. The van der Waals surface area contributed by atoms with E-state index in [0.717, 1.165) is 12.1 Å². The monoisotopic (exact) mass is 295 g/mol. The number of halogens is 2. The Labute approximate surface area is 108 Å². The second kappa shape index (κ2) is 5.83. The molecule has 0 aliphatic rings. The smallest absolute Gasteiger partial charge is 0.316 e. The molecule has 0 aliphatic heterocycles. The summed E-state index contributed by atoms with van der Waals surface area (Å²) in [7, 11) is -1.74. The van der Waals surface area contributed by atoms with Crippen molar-refractivity contribution in [2.75, 3.05) is 14.2 Å². The van der Waals surface area contributed by atoms with Crippen molar-refractivity contribution >= 4 is 15.9 Å². The van der Waals surface area contributed by atoms with Crippen LogP contribution in [0.5, 0.6) is 11.5 Å². The normalized spacial score (nSPS) is 11.2. The minimum atomic E-state index is -4.38. The lowest BCUT2D eigenvalue weighted by Crippen LogP contribution is -2.35. The van der Waals surface area contributed by atoms with Crippen LogP contribution in [0.1, 0.15) is 0 Å². The van der Waals surface area contributed by atoms with Crippen LogP contribution in [0.25, 0.3) is 0 Å². The van der Waals surface area contributed by atoms with Gasteiger partial charge in [-0.15, -0.1) is 0 Å². The average molecular weight is 295 g/mol. The molecule has 0 unspecified atom stereocenters. The van der Waals surface area contributed by atoms with Gasteiger partial charge >= 0.3 is 12.3 Å². The summed E-state index contributed by atoms with van der Waals surface area (Å²) in [5, 5.41) is 0. The van der Waals surface area contributed by atoms with Crippen molar-refractivity contribution in [2.24, 2.45) is 0 Å². The Bertz CT molecular complexity index is 573. The van der Waals surface area contributed by atoms with Crippen LogP contribution in [-0.2, 0) is 14.8 Å². The molecule has 6 nitrogen and oxygen atoms in total. The number of sulfonamides is 1. The number of benzene rings is 1. The highest BCUT2D eigenvalue weighted by Gasteiger charge is 2.24. The molecule has 1 N–H and O–H groups in total. The molecule has 0 aliphatic carbocycles. The minimum Gasteiger partial charge on any atom is -0.493 e. The summed E-state index contributed by atoms with van der Waals surface area (Å²) in [6.07, 6.45) is -3.42. The maximum atomic E-state index is 12.0. The van der Waals surface area contributed by atoms with Crippen molar-refractivity contribution in [2.45, 2.75) is 11.3 Å². The van der Waals surface area contributed by atoms with Crippen LogP contribution in [0, 0.1) is 0 Å². The number of carbonyl (C=O) groups excluding carboxylic acids is 1. The van der Waals surface area contributed by atoms with Gasteiger partial charge in [0.15, 0.2) is 11.5 Å². The zero-order valence-corrected chi connectivity index (χ0v) is 10.8. The van der Waals surface area contributed by atoms with Gasteiger partial charge in [-0.2, -0.15) is 8.78 Å². The van der Waals surface area contributed by atoms with E-state index in [0.29, 0.717) is 0 Å². The summed E-state index contributed by atoms with van der Waals surface area (Å²) in [6.45, 7) is 0. The van der Waals surface area contributed by atoms with Gasteiger partial charge in [-0.25, -0.2) is 13.1 Å². The first-order chi connectivity index (χ1) is 8.81. The first-order valence-electron chi connectivity index (χ1n) is 4.88. The van der Waals surface area contributed by atoms with E-state index in [1.54, 1.807) is 0 Å². The predicted molar refractivity (Wildman–Crippen MR) is 60.9 cm³/mol. The highest BCUT2D eigenvalue weighted by atomic mass is 32.2. The van der Waals surface area contributed by atoms with Gasteiger partial charge in [-0.3, -0.25) is 4.79 Å². The Kier molecular flexibility index (Phi) is 4.65. The third-order valence-corrected chi connectivity index (χ3v) is 3.44. The number of rotatable bonds is 5. The van der Waals surface area contributed by atoms with Gasteiger partial charge in [0.25, 0.3) is 10.0 Å². The van der Waals surface area contributed by atoms with Gasteiger partial charge in [-0.1, -0.05) is 0 Å². The summed E-state index contributed by atoms with van der Waals surface area (Å²) in [4.78, 5) is 10.3. The van der Waals surface area contributed by atoms with E-state index in [1.807, 2.05) is 0 Å². The molecule has 0 spiro atoms. The summed E-state index contributed by atoms with van der Waals surface area (Å²) >= 11 is 0. The van der Waals surface area contributed by atoms with E-state index in [1.165, 1.54) is 25.0 Å². The minimum absolute atomic E-state index is 0.0925. The predicted octanol–water partition coefficient (Wildman–Crippen LogP) is 0.774. The second-order valence-corrected chi connectivity index (χ2v) is 4.97. The fourth-order valence-corrected chi connectivity index (χ4v) is 2.20. The fourth-order valence-electron chi connectivity index (χ4n) is 1.22. The number of hydrogen-bond donors (Lipinski definition) is 1. The van der Waals surface area contributed by atoms with Gasteiger partial charge in [-0.05, 0) is 12.1 Å². The summed E-state index contributed by atoms with van der Waals surface area (Å²) in [5.41, 5.74) is 0. The Balaban J connectivity index is 3.12. The second-order valence-electron chi connectivity index (χ2n) is 3.29. The standard InChI is InChI=1S/C10H11F2NO5S/c1-17-7-4-3-6(5-8(7)18-2)19(15,16)13-10(14)9(11)12/h3-5,9H,1-2H3,(H,13,14). The van der Waals surface area contributed by atoms with Crippen molar-refractivity contribution in [3.05, 3.63) is 18.2 Å². The fraction of sp³-hybridized carbons (Fsp3) is 0.300. The Morgan fingerprint density at radius 2 is 1.79 bits per heavy atom. The van der Waals surface area contributed by atoms with E-state index >= 15 is 0 Å². The number of ether oxygens (including phenoxy) is 2. The van der Waals surface area contributed by atoms with Crippen LogP contribution >= 0.6 is 0 Å². The van der Waals surface area contributed by atoms with Crippen molar-refractivity contribution in [3.8, 4) is 11.5 Å². The zero-order chi connectivity index (χ0) is 14.6. The first-order valence-corrected chi connectivity index (χ1v) is 6.37. The van der Waals surface area contributed by atoms with Gasteiger partial charge < -0.3 is 9.47 Å². The molecular weight excluding hydrogens is 284 g/mol. The molecule has 0 bridgehead atoms. The van der Waals surface area contributed by atoms with E-state index < -0.39 is 22.4 Å². The molecule has 0 heterocycles. The Morgan fingerprint density at radius 1 is 1.21 bits per heavy atom. The molecule has 0 atom stereocenters. The number of hydrogen-bond acceptors (Lipinski definition) is 5. The van der Waals surface area contributed by atoms with Crippen LogP contribution in [0.2, 0.25) is 0 Å². The maximum Gasteiger partial charge on any atom is 0.316 e. The highest BCUT2D eigenvalue weighted by molar-refractivity contribution is 7.90. The van der Waals surface area contributed by atoms with Gasteiger partial charge in [0.2, 0.25) is 0 Å². The lowest BCUT2D eigenvalue weighted by atomic mass is 10.3. The number of amides is 1. The molecule has 0 aromatic heterocycles. The summed E-state index contributed by atoms with van der Waals surface area (Å²) in [5.74, 6) is -1.54. The van der Waals surface area contributed by atoms with Gasteiger partial charge in [0, 0.05) is 6.07 Å². The molecule has 0 saturated heterocycles. The van der Waals surface area contributed by atoms with Crippen LogP contribution < -0.4 is 14.2 Å². The number of carbonyl (C=O) groups is 1. The van der Waals surface area contributed by atoms with E-state index in [2.05, 4.69) is 0 Å². The lowest BCUT2D eigenvalue weighted by molar-refractivity contribution is -0.129. The van der Waals surface area contributed by atoms with Crippen molar-refractivity contribution in [1.29, 1.82) is 0 Å². The topological polar surface area (TPSA) is 81.7 Å². The molecule has 1 amide bonds. The van der Waals surface area contributed by atoms with Crippen LogP contribution in [0.3, 0.4) is 0 Å². The third-order valence-electron chi connectivity index (χ3n) is 2.10. The van der Waals surface area contributed by atoms with Crippen molar-refractivity contribution < 1.29 is 31.5 Å². The largest absolute Gasteiger partial charge is 0.493 e. The molecule has 0 fully saturated rings. The number of methoxy groups -OCH3 is 2.